The minimum atomic E-state index is -4.51. The van der Waals surface area contributed by atoms with Crippen molar-refractivity contribution in [2.24, 2.45) is 21.8 Å². The molecule has 3 rings (SSSR count). The van der Waals surface area contributed by atoms with Crippen molar-refractivity contribution in [3.63, 3.8) is 0 Å². The van der Waals surface area contributed by atoms with Gasteiger partial charge in [-0.15, -0.1) is 0 Å². The summed E-state index contributed by atoms with van der Waals surface area (Å²) in [6, 6.07) is 1.74. The Kier molecular flexibility index (Phi) is 4.94. The van der Waals surface area contributed by atoms with E-state index in [1.165, 1.54) is 0 Å². The van der Waals surface area contributed by atoms with Gasteiger partial charge in [-0.05, 0) is 24.0 Å². The van der Waals surface area contributed by atoms with E-state index in [-0.39, 0.29) is 47.1 Å². The lowest BCUT2D eigenvalue weighted by molar-refractivity contribution is -0.137. The predicted molar refractivity (Wildman–Crippen MR) is 91.5 cm³/mol. The molecule has 0 fully saturated rings. The third-order valence-corrected chi connectivity index (χ3v) is 4.48. The van der Waals surface area contributed by atoms with Gasteiger partial charge in [0.2, 0.25) is 11.8 Å². The normalized spacial score (nSPS) is 23.1. The van der Waals surface area contributed by atoms with Crippen molar-refractivity contribution >= 4 is 11.8 Å². The molecule has 5 nitrogen and oxygen atoms in total. The van der Waals surface area contributed by atoms with Gasteiger partial charge in [-0.3, -0.25) is 0 Å². The zero-order valence-electron chi connectivity index (χ0n) is 15.2. The molecular formula is C18H22F3N3O2. The van der Waals surface area contributed by atoms with Crippen molar-refractivity contribution in [1.29, 1.82) is 0 Å². The summed E-state index contributed by atoms with van der Waals surface area (Å²) in [5.74, 6) is 0.726. The van der Waals surface area contributed by atoms with Crippen LogP contribution in [-0.4, -0.2) is 42.1 Å². The van der Waals surface area contributed by atoms with Crippen LogP contribution in [0.4, 0.5) is 13.2 Å². The lowest BCUT2D eigenvalue weighted by atomic mass is 10.1. The fourth-order valence-electron chi connectivity index (χ4n) is 2.66. The van der Waals surface area contributed by atoms with E-state index in [0.29, 0.717) is 13.2 Å². The van der Waals surface area contributed by atoms with Crippen LogP contribution in [0.3, 0.4) is 0 Å². The molecule has 0 unspecified atom stereocenters. The maximum atomic E-state index is 13.3. The minimum absolute atomic E-state index is 0.0530. The summed E-state index contributed by atoms with van der Waals surface area (Å²) in [4.78, 5) is 13.0. The molecule has 142 valence electrons. The summed E-state index contributed by atoms with van der Waals surface area (Å²) in [7, 11) is 0. The fourth-order valence-corrected chi connectivity index (χ4v) is 2.66. The van der Waals surface area contributed by atoms with Crippen LogP contribution < -0.4 is 0 Å². The second kappa shape index (κ2) is 6.89. The van der Waals surface area contributed by atoms with Gasteiger partial charge in [0.25, 0.3) is 0 Å². The molecule has 2 aliphatic heterocycles. The van der Waals surface area contributed by atoms with Crippen LogP contribution in [0.2, 0.25) is 0 Å². The molecule has 0 spiro atoms. The largest absolute Gasteiger partial charge is 0.474 e. The zero-order chi connectivity index (χ0) is 19.1. The lowest BCUT2D eigenvalue weighted by Gasteiger charge is -2.11. The first-order chi connectivity index (χ1) is 12.1. The Morgan fingerprint density at radius 3 is 1.62 bits per heavy atom. The Morgan fingerprint density at radius 1 is 0.885 bits per heavy atom. The quantitative estimate of drug-likeness (QED) is 0.813. The molecule has 1 aromatic heterocycles. The Balaban J connectivity index is 2.01. The number of ether oxygens (including phenoxy) is 2. The molecule has 3 heterocycles. The van der Waals surface area contributed by atoms with Gasteiger partial charge in [0.15, 0.2) is 0 Å². The molecule has 0 aliphatic carbocycles. The lowest BCUT2D eigenvalue weighted by Crippen LogP contribution is -2.15. The summed E-state index contributed by atoms with van der Waals surface area (Å²) >= 11 is 0. The zero-order valence-corrected chi connectivity index (χ0v) is 15.2. The van der Waals surface area contributed by atoms with Crippen LogP contribution in [0.15, 0.2) is 22.1 Å². The maximum absolute atomic E-state index is 13.3. The van der Waals surface area contributed by atoms with Crippen LogP contribution in [0, 0.1) is 11.8 Å². The minimum Gasteiger partial charge on any atom is -0.474 e. The van der Waals surface area contributed by atoms with Gasteiger partial charge in [-0.2, -0.15) is 13.2 Å². The first kappa shape index (κ1) is 18.7. The van der Waals surface area contributed by atoms with E-state index in [1.807, 2.05) is 27.7 Å². The third kappa shape index (κ3) is 3.83. The highest BCUT2D eigenvalue weighted by atomic mass is 19.4. The number of hydrogen-bond donors (Lipinski definition) is 0. The smallest absolute Gasteiger partial charge is 0.416 e. The Labute approximate surface area is 150 Å². The number of halogens is 3. The molecule has 2 aliphatic rings. The van der Waals surface area contributed by atoms with Gasteiger partial charge in [-0.1, -0.05) is 27.7 Å². The van der Waals surface area contributed by atoms with Gasteiger partial charge in [0.1, 0.15) is 24.6 Å². The van der Waals surface area contributed by atoms with Gasteiger partial charge in [0.05, 0.1) is 17.6 Å². The summed E-state index contributed by atoms with van der Waals surface area (Å²) in [6.07, 6.45) is -4.51. The molecule has 0 N–H and O–H groups in total. The van der Waals surface area contributed by atoms with Crippen molar-refractivity contribution < 1.29 is 22.6 Å². The second-order valence-corrected chi connectivity index (χ2v) is 7.24. The molecule has 0 amide bonds. The summed E-state index contributed by atoms with van der Waals surface area (Å²) in [5, 5.41) is 0. The molecule has 1 aromatic rings. The average molecular weight is 369 g/mol. The molecule has 8 heteroatoms. The molecule has 0 radical (unpaired) electrons. The number of hydrogen-bond acceptors (Lipinski definition) is 5. The van der Waals surface area contributed by atoms with Crippen molar-refractivity contribution in [2.45, 2.75) is 46.0 Å². The standard InChI is InChI=1S/C18H22F3N3O2/c1-9(2)14-7-25-16(23-14)12-5-11(18(19,20)21)6-13(22-12)17-24-15(8-26-17)10(3)4/h5-6,9-10,14-15H,7-8H2,1-4H3/t14-,15-/m1/s1. The van der Waals surface area contributed by atoms with Crippen molar-refractivity contribution in [3.8, 4) is 0 Å². The third-order valence-electron chi connectivity index (χ3n) is 4.48. The van der Waals surface area contributed by atoms with Crippen LogP contribution >= 0.6 is 0 Å². The van der Waals surface area contributed by atoms with Gasteiger partial charge in [0, 0.05) is 0 Å². The molecule has 0 saturated heterocycles. The van der Waals surface area contributed by atoms with E-state index >= 15 is 0 Å². The number of rotatable bonds is 4. The Morgan fingerprint density at radius 2 is 1.31 bits per heavy atom. The number of alkyl halides is 3. The first-order valence-corrected chi connectivity index (χ1v) is 8.66. The van der Waals surface area contributed by atoms with Crippen molar-refractivity contribution in [3.05, 3.63) is 29.1 Å². The second-order valence-electron chi connectivity index (χ2n) is 7.24. The fraction of sp³-hybridized carbons (Fsp3) is 0.611. The Hall–Kier alpha value is -2.12. The summed E-state index contributed by atoms with van der Waals surface area (Å²) < 4.78 is 51.0. The highest BCUT2D eigenvalue weighted by molar-refractivity contribution is 5.97. The van der Waals surface area contributed by atoms with Crippen molar-refractivity contribution in [2.75, 3.05) is 13.2 Å². The predicted octanol–water partition coefficient (Wildman–Crippen LogP) is 3.70. The number of nitrogens with zero attached hydrogens (tertiary/aromatic N) is 3. The monoisotopic (exact) mass is 369 g/mol. The molecule has 0 aromatic carbocycles. The van der Waals surface area contributed by atoms with E-state index in [1.54, 1.807) is 0 Å². The van der Waals surface area contributed by atoms with Gasteiger partial charge >= 0.3 is 6.18 Å². The van der Waals surface area contributed by atoms with E-state index < -0.39 is 11.7 Å². The maximum Gasteiger partial charge on any atom is 0.416 e. The molecule has 2 atom stereocenters. The highest BCUT2D eigenvalue weighted by Gasteiger charge is 2.35. The van der Waals surface area contributed by atoms with Crippen LogP contribution in [0.5, 0.6) is 0 Å². The van der Waals surface area contributed by atoms with E-state index in [4.69, 9.17) is 9.47 Å². The van der Waals surface area contributed by atoms with Gasteiger partial charge in [-0.25, -0.2) is 15.0 Å². The first-order valence-electron chi connectivity index (χ1n) is 8.66. The van der Waals surface area contributed by atoms with Crippen LogP contribution in [0.25, 0.3) is 0 Å². The van der Waals surface area contributed by atoms with Crippen LogP contribution in [0.1, 0.15) is 44.6 Å². The molecule has 26 heavy (non-hydrogen) atoms. The van der Waals surface area contributed by atoms with E-state index in [0.717, 1.165) is 12.1 Å². The highest BCUT2D eigenvalue weighted by Crippen LogP contribution is 2.31. The topological polar surface area (TPSA) is 56.1 Å². The van der Waals surface area contributed by atoms with Gasteiger partial charge < -0.3 is 9.47 Å². The average Bonchev–Trinajstić information content (AvgIpc) is 3.23. The number of aliphatic imine (C=N–C) groups is 2. The van der Waals surface area contributed by atoms with Crippen molar-refractivity contribution in [1.82, 2.24) is 4.98 Å². The molecular weight excluding hydrogens is 347 g/mol. The SMILES string of the molecule is CC(C)[C@H]1COC(c2cc(C(F)(F)F)cc(C3=N[C@@H](C(C)C)CO3)n2)=N1. The van der Waals surface area contributed by atoms with E-state index in [9.17, 15) is 13.2 Å². The Bertz CT molecular complexity index is 689. The van der Waals surface area contributed by atoms with E-state index in [2.05, 4.69) is 15.0 Å². The van der Waals surface area contributed by atoms with Crippen LogP contribution in [-0.2, 0) is 15.7 Å². The molecule has 0 saturated carbocycles. The summed E-state index contributed by atoms with van der Waals surface area (Å²) in [5.41, 5.74) is -0.717. The number of pyridine rings is 1. The number of aromatic nitrogens is 1. The summed E-state index contributed by atoms with van der Waals surface area (Å²) in [6.45, 7) is 8.62. The molecule has 0 bridgehead atoms.